The van der Waals surface area contributed by atoms with Crippen LogP contribution in [0.4, 0.5) is 0 Å². The fourth-order valence-corrected chi connectivity index (χ4v) is 4.11. The first-order valence-electron chi connectivity index (χ1n) is 10.3. The van der Waals surface area contributed by atoms with E-state index in [0.29, 0.717) is 13.2 Å². The monoisotopic (exact) mass is 383 g/mol. The van der Waals surface area contributed by atoms with Gasteiger partial charge in [0.2, 0.25) is 0 Å². The number of fused-ring (bicyclic) bond motifs is 1. The predicted molar refractivity (Wildman–Crippen MR) is 106 cm³/mol. The maximum absolute atomic E-state index is 13.2. The molecule has 1 aromatic carbocycles. The third-order valence-corrected chi connectivity index (χ3v) is 5.76. The molecule has 2 aliphatic rings. The van der Waals surface area contributed by atoms with Crippen molar-refractivity contribution in [3.05, 3.63) is 47.0 Å². The number of likely N-dealkylation sites (tertiary alicyclic amines) is 1. The summed E-state index contributed by atoms with van der Waals surface area (Å²) in [5, 5.41) is 8.94. The average molecular weight is 383 g/mol. The van der Waals surface area contributed by atoms with Crippen molar-refractivity contribution in [2.24, 2.45) is 0 Å². The first-order valence-corrected chi connectivity index (χ1v) is 10.3. The number of hydrogen-bond acceptors (Lipinski definition) is 5. The minimum Gasteiger partial charge on any atom is -0.377 e. The Morgan fingerprint density at radius 3 is 2.75 bits per heavy atom. The molecule has 1 atom stereocenters. The number of carbonyl (C=O) groups excluding carboxylic acids is 1. The summed E-state index contributed by atoms with van der Waals surface area (Å²) in [4.78, 5) is 17.5. The van der Waals surface area contributed by atoms with Crippen molar-refractivity contribution in [3.8, 4) is 0 Å². The van der Waals surface area contributed by atoms with E-state index in [9.17, 15) is 4.79 Å². The third kappa shape index (κ3) is 3.82. The van der Waals surface area contributed by atoms with E-state index in [1.807, 2.05) is 36.1 Å². The van der Waals surface area contributed by atoms with Gasteiger partial charge in [-0.3, -0.25) is 4.79 Å². The molecule has 1 amide bonds. The second-order valence-electron chi connectivity index (χ2n) is 7.67. The van der Waals surface area contributed by atoms with Crippen LogP contribution < -0.4 is 0 Å². The molecule has 7 heteroatoms. The number of amides is 1. The fraction of sp³-hybridized carbons (Fsp3) is 0.571. The Morgan fingerprint density at radius 2 is 1.96 bits per heavy atom. The van der Waals surface area contributed by atoms with Crippen LogP contribution in [-0.2, 0) is 24.3 Å². The summed E-state index contributed by atoms with van der Waals surface area (Å²) in [6.45, 7) is 6.89. The molecule has 0 aliphatic carbocycles. The summed E-state index contributed by atoms with van der Waals surface area (Å²) in [6.07, 6.45) is 2.86. The summed E-state index contributed by atoms with van der Waals surface area (Å²) in [5.41, 5.74) is 1.81. The summed E-state index contributed by atoms with van der Waals surface area (Å²) in [7, 11) is 2.14. The van der Waals surface area contributed by atoms with E-state index in [1.165, 1.54) is 0 Å². The minimum absolute atomic E-state index is 0.0141. The SMILES string of the molecule is CCOCc1ccc(C(=O)N2CCCC2c2nnc3n2CCN(C)CC3)cc1. The molecule has 1 fully saturated rings. The molecule has 1 unspecified atom stereocenters. The normalized spacial score (nSPS) is 20.2. The first kappa shape index (κ1) is 19.1. The first-order chi connectivity index (χ1) is 13.7. The molecule has 0 N–H and O–H groups in total. The van der Waals surface area contributed by atoms with Crippen LogP contribution in [0.1, 0.15) is 53.4 Å². The van der Waals surface area contributed by atoms with E-state index in [1.54, 1.807) is 0 Å². The standard InChI is InChI=1S/C21H29N5O2/c1-3-28-15-16-6-8-17(9-7-16)21(27)25-11-4-5-18(25)20-23-22-19-10-12-24(2)13-14-26(19)20/h6-9,18H,3-5,10-15H2,1-2H3. The Morgan fingerprint density at radius 1 is 1.14 bits per heavy atom. The number of hydrogen-bond donors (Lipinski definition) is 0. The Hall–Kier alpha value is -2.25. The smallest absolute Gasteiger partial charge is 0.254 e. The second kappa shape index (κ2) is 8.41. The minimum atomic E-state index is 0.0141. The maximum Gasteiger partial charge on any atom is 0.254 e. The van der Waals surface area contributed by atoms with Crippen LogP contribution >= 0.6 is 0 Å². The number of likely N-dealkylation sites (N-methyl/N-ethyl adjacent to an activating group) is 1. The summed E-state index contributed by atoms with van der Waals surface area (Å²) in [5.74, 6) is 2.07. The number of carbonyl (C=O) groups is 1. The molecule has 2 aromatic rings. The molecule has 0 saturated carbocycles. The van der Waals surface area contributed by atoms with Gasteiger partial charge in [0.25, 0.3) is 5.91 Å². The zero-order valence-corrected chi connectivity index (χ0v) is 16.8. The molecule has 0 bridgehead atoms. The Balaban J connectivity index is 1.53. The Labute approximate surface area is 166 Å². The molecule has 150 valence electrons. The quantitative estimate of drug-likeness (QED) is 0.793. The van der Waals surface area contributed by atoms with Crippen molar-refractivity contribution in [1.29, 1.82) is 0 Å². The van der Waals surface area contributed by atoms with E-state index in [-0.39, 0.29) is 11.9 Å². The number of benzene rings is 1. The predicted octanol–water partition coefficient (Wildman–Crippen LogP) is 2.28. The van der Waals surface area contributed by atoms with Gasteiger partial charge in [-0.25, -0.2) is 0 Å². The highest BCUT2D eigenvalue weighted by Gasteiger charge is 2.35. The lowest BCUT2D eigenvalue weighted by Gasteiger charge is -2.25. The Bertz CT molecular complexity index is 817. The van der Waals surface area contributed by atoms with E-state index < -0.39 is 0 Å². The molecule has 0 spiro atoms. The van der Waals surface area contributed by atoms with Gasteiger partial charge in [0.1, 0.15) is 5.82 Å². The molecule has 1 aromatic heterocycles. The van der Waals surface area contributed by atoms with Crippen LogP contribution in [-0.4, -0.2) is 63.8 Å². The summed E-state index contributed by atoms with van der Waals surface area (Å²) >= 11 is 0. The second-order valence-corrected chi connectivity index (χ2v) is 7.67. The van der Waals surface area contributed by atoms with Crippen LogP contribution in [0.25, 0.3) is 0 Å². The number of aromatic nitrogens is 3. The summed E-state index contributed by atoms with van der Waals surface area (Å²) < 4.78 is 7.68. The topological polar surface area (TPSA) is 63.5 Å². The van der Waals surface area contributed by atoms with Gasteiger partial charge in [-0.05, 0) is 44.5 Å². The molecular weight excluding hydrogens is 354 g/mol. The molecule has 28 heavy (non-hydrogen) atoms. The van der Waals surface area contributed by atoms with Crippen molar-refractivity contribution in [2.45, 2.75) is 45.4 Å². The van der Waals surface area contributed by atoms with Gasteiger partial charge in [0, 0.05) is 44.8 Å². The fourth-order valence-electron chi connectivity index (χ4n) is 4.11. The number of nitrogens with zero attached hydrogens (tertiary/aromatic N) is 5. The lowest BCUT2D eigenvalue weighted by Crippen LogP contribution is -2.32. The number of rotatable bonds is 5. The maximum atomic E-state index is 13.2. The van der Waals surface area contributed by atoms with Gasteiger partial charge in [0.15, 0.2) is 5.82 Å². The van der Waals surface area contributed by atoms with Gasteiger partial charge in [-0.15, -0.1) is 10.2 Å². The van der Waals surface area contributed by atoms with Crippen LogP contribution in [0.3, 0.4) is 0 Å². The number of ether oxygens (including phenoxy) is 1. The zero-order valence-electron chi connectivity index (χ0n) is 16.8. The average Bonchev–Trinajstić information content (AvgIpc) is 3.31. The lowest BCUT2D eigenvalue weighted by molar-refractivity contribution is 0.0726. The molecule has 4 rings (SSSR count). The zero-order chi connectivity index (χ0) is 19.5. The van der Waals surface area contributed by atoms with Gasteiger partial charge in [-0.1, -0.05) is 12.1 Å². The largest absolute Gasteiger partial charge is 0.377 e. The van der Waals surface area contributed by atoms with Crippen LogP contribution in [0.2, 0.25) is 0 Å². The van der Waals surface area contributed by atoms with Gasteiger partial charge < -0.3 is 19.1 Å². The Kier molecular flexibility index (Phi) is 5.73. The van der Waals surface area contributed by atoms with Crippen molar-refractivity contribution in [1.82, 2.24) is 24.6 Å². The van der Waals surface area contributed by atoms with Crippen LogP contribution in [0.15, 0.2) is 24.3 Å². The molecule has 2 aliphatic heterocycles. The van der Waals surface area contributed by atoms with Gasteiger partial charge in [0.05, 0.1) is 12.6 Å². The van der Waals surface area contributed by atoms with E-state index >= 15 is 0 Å². The van der Waals surface area contributed by atoms with Crippen molar-refractivity contribution >= 4 is 5.91 Å². The van der Waals surface area contributed by atoms with Crippen LogP contribution in [0, 0.1) is 0 Å². The van der Waals surface area contributed by atoms with E-state index in [4.69, 9.17) is 4.74 Å². The van der Waals surface area contributed by atoms with E-state index in [2.05, 4.69) is 26.7 Å². The van der Waals surface area contributed by atoms with Crippen molar-refractivity contribution in [2.75, 3.05) is 33.3 Å². The van der Waals surface area contributed by atoms with Crippen molar-refractivity contribution < 1.29 is 9.53 Å². The van der Waals surface area contributed by atoms with Gasteiger partial charge in [-0.2, -0.15) is 0 Å². The highest BCUT2D eigenvalue weighted by atomic mass is 16.5. The highest BCUT2D eigenvalue weighted by molar-refractivity contribution is 5.94. The highest BCUT2D eigenvalue weighted by Crippen LogP contribution is 2.33. The van der Waals surface area contributed by atoms with E-state index in [0.717, 1.165) is 68.2 Å². The van der Waals surface area contributed by atoms with Crippen molar-refractivity contribution in [3.63, 3.8) is 0 Å². The lowest BCUT2D eigenvalue weighted by atomic mass is 10.1. The molecule has 3 heterocycles. The van der Waals surface area contributed by atoms with Gasteiger partial charge >= 0.3 is 0 Å². The summed E-state index contributed by atoms with van der Waals surface area (Å²) in [6, 6.07) is 7.79. The molecule has 0 radical (unpaired) electrons. The van der Waals surface area contributed by atoms with Crippen LogP contribution in [0.5, 0.6) is 0 Å². The third-order valence-electron chi connectivity index (χ3n) is 5.76. The molecule has 1 saturated heterocycles. The molecule has 7 nitrogen and oxygen atoms in total. The molecular formula is C21H29N5O2.